The number of fused-ring (bicyclic) bond motifs is 2. The number of hydrogen-bond donors (Lipinski definition) is 2. The molecule has 0 spiro atoms. The summed E-state index contributed by atoms with van der Waals surface area (Å²) in [6.07, 6.45) is 0.530. The van der Waals surface area contributed by atoms with E-state index in [1.807, 2.05) is 0 Å². The number of nitrogens with one attached hydrogen (secondary N) is 1. The van der Waals surface area contributed by atoms with Crippen molar-refractivity contribution < 1.29 is 23.8 Å². The molecule has 2 aliphatic heterocycles. The van der Waals surface area contributed by atoms with Gasteiger partial charge in [0.25, 0.3) is 0 Å². The van der Waals surface area contributed by atoms with Gasteiger partial charge in [-0.25, -0.2) is 4.39 Å². The van der Waals surface area contributed by atoms with Gasteiger partial charge in [0, 0.05) is 0 Å². The summed E-state index contributed by atoms with van der Waals surface area (Å²) >= 11 is 0. The monoisotopic (exact) mass is 293 g/mol. The van der Waals surface area contributed by atoms with E-state index in [2.05, 4.69) is 5.32 Å². The van der Waals surface area contributed by atoms with Crippen LogP contribution in [0.3, 0.4) is 0 Å². The number of amides is 1. The van der Waals surface area contributed by atoms with Crippen LogP contribution in [0.1, 0.15) is 18.4 Å². The standard InChI is InChI=1S/C15H16FNO4/c1-7-2-3-8(16)9(6-7)17-14(18)12-10-4-5-11(21-10)13(12)15(19)20/h2-3,6,10-13H,4-5H2,1H3,(H,17,18)(H,19,20)/t10-,11+,12-,13+/m1/s1. The number of carboxylic acids is 1. The van der Waals surface area contributed by atoms with E-state index in [1.165, 1.54) is 12.1 Å². The molecule has 0 aliphatic carbocycles. The Labute approximate surface area is 121 Å². The number of carboxylic acid groups (broad SMARTS) is 1. The van der Waals surface area contributed by atoms with Crippen molar-refractivity contribution in [1.29, 1.82) is 0 Å². The average molecular weight is 293 g/mol. The summed E-state index contributed by atoms with van der Waals surface area (Å²) in [7, 11) is 0. The lowest BCUT2D eigenvalue weighted by Crippen LogP contribution is -2.41. The van der Waals surface area contributed by atoms with Crippen LogP contribution in [-0.2, 0) is 14.3 Å². The summed E-state index contributed by atoms with van der Waals surface area (Å²) in [6, 6.07) is 4.40. The highest BCUT2D eigenvalue weighted by molar-refractivity contribution is 5.96. The zero-order chi connectivity index (χ0) is 15.1. The first-order valence-corrected chi connectivity index (χ1v) is 6.92. The minimum atomic E-state index is -1.04. The number of halogens is 1. The highest BCUT2D eigenvalue weighted by Gasteiger charge is 2.55. The van der Waals surface area contributed by atoms with Crippen LogP contribution in [0.25, 0.3) is 0 Å². The number of aliphatic carboxylic acids is 1. The molecule has 2 aliphatic rings. The van der Waals surface area contributed by atoms with E-state index in [0.29, 0.717) is 12.8 Å². The lowest BCUT2D eigenvalue weighted by atomic mass is 9.78. The molecule has 112 valence electrons. The maximum absolute atomic E-state index is 13.7. The van der Waals surface area contributed by atoms with Crippen molar-refractivity contribution in [3.8, 4) is 0 Å². The van der Waals surface area contributed by atoms with Crippen LogP contribution in [0, 0.1) is 24.6 Å². The predicted octanol–water partition coefficient (Wildman–Crippen LogP) is 1.95. The SMILES string of the molecule is Cc1ccc(F)c(NC(=O)[C@H]2[C@@H](C(=O)O)[C@@H]3CC[C@H]2O3)c1. The molecule has 6 heteroatoms. The maximum Gasteiger partial charge on any atom is 0.310 e. The number of anilines is 1. The van der Waals surface area contributed by atoms with Crippen molar-refractivity contribution in [3.05, 3.63) is 29.6 Å². The van der Waals surface area contributed by atoms with Crippen LogP contribution in [0.5, 0.6) is 0 Å². The molecule has 2 saturated heterocycles. The van der Waals surface area contributed by atoms with E-state index < -0.39 is 35.6 Å². The van der Waals surface area contributed by atoms with Crippen LogP contribution >= 0.6 is 0 Å². The van der Waals surface area contributed by atoms with E-state index in [9.17, 15) is 19.1 Å². The molecule has 0 saturated carbocycles. The molecule has 1 aromatic carbocycles. The van der Waals surface area contributed by atoms with E-state index in [1.54, 1.807) is 13.0 Å². The summed E-state index contributed by atoms with van der Waals surface area (Å²) in [5, 5.41) is 11.8. The van der Waals surface area contributed by atoms with Crippen molar-refractivity contribution in [2.24, 2.45) is 11.8 Å². The van der Waals surface area contributed by atoms with Gasteiger partial charge in [0.1, 0.15) is 5.82 Å². The van der Waals surface area contributed by atoms with Gasteiger partial charge < -0.3 is 15.2 Å². The molecule has 2 N–H and O–H groups in total. The van der Waals surface area contributed by atoms with E-state index in [-0.39, 0.29) is 11.8 Å². The third-order valence-electron chi connectivity index (χ3n) is 4.24. The van der Waals surface area contributed by atoms with Gasteiger partial charge in [-0.15, -0.1) is 0 Å². The zero-order valence-corrected chi connectivity index (χ0v) is 11.5. The van der Waals surface area contributed by atoms with Gasteiger partial charge in [-0.3, -0.25) is 9.59 Å². The van der Waals surface area contributed by atoms with Crippen LogP contribution in [0.15, 0.2) is 18.2 Å². The van der Waals surface area contributed by atoms with Gasteiger partial charge in [-0.05, 0) is 37.5 Å². The number of carbonyl (C=O) groups excluding carboxylic acids is 1. The number of benzene rings is 1. The highest BCUT2D eigenvalue weighted by atomic mass is 19.1. The van der Waals surface area contributed by atoms with Gasteiger partial charge in [-0.2, -0.15) is 0 Å². The van der Waals surface area contributed by atoms with Gasteiger partial charge in [0.2, 0.25) is 5.91 Å². The Morgan fingerprint density at radius 2 is 1.95 bits per heavy atom. The van der Waals surface area contributed by atoms with Gasteiger partial charge in [-0.1, -0.05) is 6.07 Å². The lowest BCUT2D eigenvalue weighted by Gasteiger charge is -2.24. The lowest BCUT2D eigenvalue weighted by molar-refractivity contribution is -0.147. The summed E-state index contributed by atoms with van der Waals surface area (Å²) in [4.78, 5) is 23.7. The zero-order valence-electron chi connectivity index (χ0n) is 11.5. The largest absolute Gasteiger partial charge is 0.481 e. The van der Waals surface area contributed by atoms with Crippen molar-refractivity contribution >= 4 is 17.6 Å². The van der Waals surface area contributed by atoms with Gasteiger partial charge >= 0.3 is 5.97 Å². The van der Waals surface area contributed by atoms with E-state index in [4.69, 9.17) is 4.74 Å². The molecular weight excluding hydrogens is 277 g/mol. The Morgan fingerprint density at radius 3 is 2.62 bits per heavy atom. The second kappa shape index (κ2) is 5.11. The fourth-order valence-corrected chi connectivity index (χ4v) is 3.28. The second-order valence-electron chi connectivity index (χ2n) is 5.65. The fraction of sp³-hybridized carbons (Fsp3) is 0.467. The maximum atomic E-state index is 13.7. The third kappa shape index (κ3) is 2.40. The predicted molar refractivity (Wildman–Crippen MR) is 72.3 cm³/mol. The summed E-state index contributed by atoms with van der Waals surface area (Å²) in [5.41, 5.74) is 0.887. The Balaban J connectivity index is 1.81. The number of hydrogen-bond acceptors (Lipinski definition) is 3. The van der Waals surface area contributed by atoms with Crippen molar-refractivity contribution in [3.63, 3.8) is 0 Å². The Kier molecular flexibility index (Phi) is 3.41. The first-order chi connectivity index (χ1) is 9.97. The molecule has 2 bridgehead atoms. The minimum absolute atomic E-state index is 0.0758. The van der Waals surface area contributed by atoms with Gasteiger partial charge in [0.15, 0.2) is 0 Å². The number of rotatable bonds is 3. The summed E-state index contributed by atoms with van der Waals surface area (Å²) in [5.74, 6) is -3.67. The Morgan fingerprint density at radius 1 is 1.29 bits per heavy atom. The number of carbonyl (C=O) groups is 2. The van der Waals surface area contributed by atoms with Crippen molar-refractivity contribution in [1.82, 2.24) is 0 Å². The van der Waals surface area contributed by atoms with Crippen LogP contribution in [-0.4, -0.2) is 29.2 Å². The van der Waals surface area contributed by atoms with Crippen molar-refractivity contribution in [2.75, 3.05) is 5.32 Å². The number of ether oxygens (including phenoxy) is 1. The highest BCUT2D eigenvalue weighted by Crippen LogP contribution is 2.44. The summed E-state index contributed by atoms with van der Waals surface area (Å²) in [6.45, 7) is 1.79. The summed E-state index contributed by atoms with van der Waals surface area (Å²) < 4.78 is 19.2. The smallest absolute Gasteiger partial charge is 0.310 e. The molecule has 0 aromatic heterocycles. The molecule has 0 radical (unpaired) electrons. The molecule has 4 atom stereocenters. The average Bonchev–Trinajstić information content (AvgIpc) is 3.03. The topological polar surface area (TPSA) is 75.6 Å². The normalized spacial score (nSPS) is 30.4. The molecule has 21 heavy (non-hydrogen) atoms. The van der Waals surface area contributed by atoms with Crippen molar-refractivity contribution in [2.45, 2.75) is 32.0 Å². The molecule has 2 fully saturated rings. The number of aryl methyl sites for hydroxylation is 1. The molecule has 2 heterocycles. The first kappa shape index (κ1) is 14.0. The Hall–Kier alpha value is -1.95. The van der Waals surface area contributed by atoms with Crippen LogP contribution < -0.4 is 5.32 Å². The minimum Gasteiger partial charge on any atom is -0.481 e. The quantitative estimate of drug-likeness (QED) is 0.893. The Bertz CT molecular complexity index is 603. The molecule has 1 amide bonds. The second-order valence-corrected chi connectivity index (χ2v) is 5.65. The molecule has 0 unspecified atom stereocenters. The van der Waals surface area contributed by atoms with Crippen LogP contribution in [0.2, 0.25) is 0 Å². The van der Waals surface area contributed by atoms with Gasteiger partial charge in [0.05, 0.1) is 29.7 Å². The fourth-order valence-electron chi connectivity index (χ4n) is 3.28. The molecule has 5 nitrogen and oxygen atoms in total. The molecular formula is C15H16FNO4. The van der Waals surface area contributed by atoms with Crippen LogP contribution in [0.4, 0.5) is 10.1 Å². The molecule has 1 aromatic rings. The van der Waals surface area contributed by atoms with E-state index in [0.717, 1.165) is 5.56 Å². The first-order valence-electron chi connectivity index (χ1n) is 6.92. The van der Waals surface area contributed by atoms with E-state index >= 15 is 0 Å². The third-order valence-corrected chi connectivity index (χ3v) is 4.24. The molecule has 3 rings (SSSR count).